The number of nitrogens with two attached hydrogens (primary N) is 1. The number of ether oxygens (including phenoxy) is 8. The van der Waals surface area contributed by atoms with E-state index in [4.69, 9.17) is 43.6 Å². The van der Waals surface area contributed by atoms with Crippen LogP contribution >= 0.6 is 0 Å². The first-order valence-corrected chi connectivity index (χ1v) is 15.1. The number of hydrogen-bond donors (Lipinski definition) is 9. The molecular weight excluding hydrogens is 622 g/mol. The summed E-state index contributed by atoms with van der Waals surface area (Å²) in [5, 5.41) is 64.2. The molecule has 0 spiro atoms. The molecule has 2 amide bonds. The summed E-state index contributed by atoms with van der Waals surface area (Å²) < 4.78 is 43.9. The third-order valence-corrected chi connectivity index (χ3v) is 6.93. The largest absolute Gasteiger partial charge is 0.394 e. The zero-order valence-corrected chi connectivity index (χ0v) is 26.2. The standard InChI is InChI=1S/C27H51N3O16/c1-15(33)29-20-24(37)22(35)18(11-31)45-26(20)43-9-7-39-3-5-41-13-17(28)14-42-6-4-40-8-10-44-27-21(30-16(2)34)25(38)23(36)19(12-32)46-27/h17-27,31-32,35-38H,3-14,28H2,1-2H3,(H,29,33)(H,30,34)/t17?,18?,19?,20?,21?,22-,23-,24?,25?,26+,27+/m0/s1. The zero-order valence-electron chi connectivity index (χ0n) is 26.2. The van der Waals surface area contributed by atoms with E-state index in [0.717, 1.165) is 0 Å². The van der Waals surface area contributed by atoms with Crippen LogP contribution in [0.25, 0.3) is 0 Å². The lowest BCUT2D eigenvalue weighted by Gasteiger charge is -2.42. The Hall–Kier alpha value is -1.66. The molecule has 19 nitrogen and oxygen atoms in total. The second-order valence-corrected chi connectivity index (χ2v) is 10.7. The number of aliphatic hydroxyl groups is 6. The van der Waals surface area contributed by atoms with Gasteiger partial charge < -0.3 is 84.9 Å². The maximum Gasteiger partial charge on any atom is 0.217 e. The molecule has 10 atom stereocenters. The van der Waals surface area contributed by atoms with E-state index in [1.807, 2.05) is 0 Å². The Morgan fingerprint density at radius 3 is 1.33 bits per heavy atom. The van der Waals surface area contributed by atoms with E-state index in [2.05, 4.69) is 10.6 Å². The van der Waals surface area contributed by atoms with Gasteiger partial charge in [-0.1, -0.05) is 0 Å². The van der Waals surface area contributed by atoms with E-state index in [1.165, 1.54) is 13.8 Å². The number of rotatable bonds is 22. The molecule has 2 fully saturated rings. The van der Waals surface area contributed by atoms with Gasteiger partial charge in [0.1, 0.15) is 48.7 Å². The lowest BCUT2D eigenvalue weighted by molar-refractivity contribution is -0.272. The molecule has 6 unspecified atom stereocenters. The van der Waals surface area contributed by atoms with Gasteiger partial charge in [0, 0.05) is 13.8 Å². The molecule has 0 bridgehead atoms. The van der Waals surface area contributed by atoms with Crippen LogP contribution < -0.4 is 16.4 Å². The maximum absolute atomic E-state index is 11.5. The van der Waals surface area contributed by atoms with E-state index >= 15 is 0 Å². The molecule has 0 aromatic carbocycles. The Morgan fingerprint density at radius 1 is 0.630 bits per heavy atom. The SMILES string of the molecule is CC(=O)NC1C(O)[C@@H](O)C(CO)O[C@H]1OCCOCCOCC(N)COCCOCCO[C@@H]1OC(CO)[C@H](O)C(O)C1NC(C)=O. The van der Waals surface area contributed by atoms with E-state index < -0.39 is 92.4 Å². The second kappa shape index (κ2) is 22.1. The molecule has 2 saturated heterocycles. The maximum atomic E-state index is 11.5. The van der Waals surface area contributed by atoms with Crippen molar-refractivity contribution in [2.24, 2.45) is 5.73 Å². The van der Waals surface area contributed by atoms with Crippen molar-refractivity contribution in [2.45, 2.75) is 81.2 Å². The highest BCUT2D eigenvalue weighted by Gasteiger charge is 2.46. The van der Waals surface area contributed by atoms with Crippen molar-refractivity contribution in [3.8, 4) is 0 Å². The van der Waals surface area contributed by atoms with Crippen LogP contribution in [0.2, 0.25) is 0 Å². The minimum Gasteiger partial charge on any atom is -0.394 e. The molecule has 2 heterocycles. The molecule has 2 rings (SSSR count). The Kier molecular flexibility index (Phi) is 19.4. The zero-order chi connectivity index (χ0) is 34.1. The van der Waals surface area contributed by atoms with Crippen molar-refractivity contribution < 1.29 is 78.1 Å². The van der Waals surface area contributed by atoms with Crippen molar-refractivity contribution in [1.29, 1.82) is 0 Å². The van der Waals surface area contributed by atoms with Gasteiger partial charge >= 0.3 is 0 Å². The Bertz CT molecular complexity index is 796. The van der Waals surface area contributed by atoms with Gasteiger partial charge in [-0.05, 0) is 0 Å². The summed E-state index contributed by atoms with van der Waals surface area (Å²) in [7, 11) is 0. The van der Waals surface area contributed by atoms with Crippen molar-refractivity contribution in [3.63, 3.8) is 0 Å². The number of amides is 2. The lowest BCUT2D eigenvalue weighted by Crippen LogP contribution is -2.64. The third-order valence-electron chi connectivity index (χ3n) is 6.93. The lowest BCUT2D eigenvalue weighted by atomic mass is 9.97. The fourth-order valence-electron chi connectivity index (χ4n) is 4.63. The molecule has 0 radical (unpaired) electrons. The monoisotopic (exact) mass is 673 g/mol. The van der Waals surface area contributed by atoms with E-state index in [9.17, 15) is 40.2 Å². The first-order chi connectivity index (χ1) is 22.0. The van der Waals surface area contributed by atoms with Crippen LogP contribution in [-0.2, 0) is 47.5 Å². The summed E-state index contributed by atoms with van der Waals surface area (Å²) in [6.07, 6.45) is -9.89. The Balaban J connectivity index is 1.48. The Morgan fingerprint density at radius 2 is 0.978 bits per heavy atom. The molecule has 2 aliphatic rings. The average Bonchev–Trinajstić information content (AvgIpc) is 3.01. The molecular formula is C27H51N3O16. The van der Waals surface area contributed by atoms with Gasteiger partial charge in [0.2, 0.25) is 11.8 Å². The number of nitrogens with one attached hydrogen (secondary N) is 2. The average molecular weight is 674 g/mol. The van der Waals surface area contributed by atoms with Crippen molar-refractivity contribution in [2.75, 3.05) is 79.3 Å². The summed E-state index contributed by atoms with van der Waals surface area (Å²) in [5.74, 6) is -0.895. The van der Waals surface area contributed by atoms with Crippen LogP contribution in [0.5, 0.6) is 0 Å². The fourth-order valence-corrected chi connectivity index (χ4v) is 4.63. The molecule has 19 heteroatoms. The van der Waals surface area contributed by atoms with Gasteiger partial charge in [0.25, 0.3) is 0 Å². The van der Waals surface area contributed by atoms with E-state index in [-0.39, 0.29) is 66.1 Å². The molecule has 0 saturated carbocycles. The van der Waals surface area contributed by atoms with Crippen LogP contribution in [0.4, 0.5) is 0 Å². The summed E-state index contributed by atoms with van der Waals surface area (Å²) in [6.45, 7) is 3.26. The summed E-state index contributed by atoms with van der Waals surface area (Å²) >= 11 is 0. The second-order valence-electron chi connectivity index (χ2n) is 10.7. The van der Waals surface area contributed by atoms with Gasteiger partial charge in [-0.25, -0.2) is 0 Å². The van der Waals surface area contributed by atoms with E-state index in [1.54, 1.807) is 0 Å². The summed E-state index contributed by atoms with van der Waals surface area (Å²) in [4.78, 5) is 22.9. The van der Waals surface area contributed by atoms with Gasteiger partial charge in [0.15, 0.2) is 12.6 Å². The minimum atomic E-state index is -1.39. The van der Waals surface area contributed by atoms with Crippen molar-refractivity contribution in [1.82, 2.24) is 10.6 Å². The van der Waals surface area contributed by atoms with Gasteiger partial charge in [-0.15, -0.1) is 0 Å². The normalized spacial score (nSPS) is 32.2. The molecule has 10 N–H and O–H groups in total. The highest BCUT2D eigenvalue weighted by molar-refractivity contribution is 5.73. The molecule has 46 heavy (non-hydrogen) atoms. The van der Waals surface area contributed by atoms with Crippen LogP contribution in [0.3, 0.4) is 0 Å². The van der Waals surface area contributed by atoms with Crippen LogP contribution in [0.1, 0.15) is 13.8 Å². The van der Waals surface area contributed by atoms with Crippen LogP contribution in [0, 0.1) is 0 Å². The topological polar surface area (TPSA) is 279 Å². The highest BCUT2D eigenvalue weighted by Crippen LogP contribution is 2.23. The minimum absolute atomic E-state index is 0.0483. The summed E-state index contributed by atoms with van der Waals surface area (Å²) in [5.41, 5.74) is 5.97. The quantitative estimate of drug-likeness (QED) is 0.0484. The Labute approximate surface area is 267 Å². The van der Waals surface area contributed by atoms with Crippen molar-refractivity contribution >= 4 is 11.8 Å². The predicted molar refractivity (Wildman–Crippen MR) is 154 cm³/mol. The van der Waals surface area contributed by atoms with E-state index in [0.29, 0.717) is 0 Å². The van der Waals surface area contributed by atoms with Gasteiger partial charge in [-0.3, -0.25) is 9.59 Å². The van der Waals surface area contributed by atoms with Gasteiger partial charge in [-0.2, -0.15) is 0 Å². The smallest absolute Gasteiger partial charge is 0.217 e. The highest BCUT2D eigenvalue weighted by atomic mass is 16.7. The summed E-state index contributed by atoms with van der Waals surface area (Å²) in [6, 6.07) is -2.44. The molecule has 0 aromatic heterocycles. The molecule has 0 aliphatic carbocycles. The fraction of sp³-hybridized carbons (Fsp3) is 0.926. The molecule has 0 aromatic rings. The molecule has 2 aliphatic heterocycles. The molecule has 270 valence electrons. The number of aliphatic hydroxyl groups excluding tert-OH is 6. The number of carbonyl (C=O) groups is 2. The van der Waals surface area contributed by atoms with Crippen LogP contribution in [-0.4, -0.2) is 189 Å². The number of carbonyl (C=O) groups excluding carboxylic acids is 2. The first-order valence-electron chi connectivity index (χ1n) is 15.1. The van der Waals surface area contributed by atoms with Gasteiger partial charge in [0.05, 0.1) is 85.3 Å². The third kappa shape index (κ3) is 13.8. The predicted octanol–water partition coefficient (Wildman–Crippen LogP) is -5.70. The number of hydrogen-bond acceptors (Lipinski definition) is 17. The van der Waals surface area contributed by atoms with Crippen molar-refractivity contribution in [3.05, 3.63) is 0 Å². The first kappa shape index (κ1) is 40.5. The van der Waals surface area contributed by atoms with Crippen LogP contribution in [0.15, 0.2) is 0 Å².